The molecule has 2 heterocycles. The van der Waals surface area contributed by atoms with Crippen LogP contribution in [0.1, 0.15) is 46.1 Å². The van der Waals surface area contributed by atoms with Gasteiger partial charge in [0.15, 0.2) is 0 Å². The largest absolute Gasteiger partial charge is 0.394 e. The third-order valence-corrected chi connectivity index (χ3v) is 6.34. The molecular weight excluding hydrogens is 470 g/mol. The molecule has 0 fully saturated rings. The van der Waals surface area contributed by atoms with Crippen molar-refractivity contribution in [2.45, 2.75) is 37.6 Å². The van der Waals surface area contributed by atoms with Crippen LogP contribution in [0.15, 0.2) is 72.9 Å². The number of aliphatic hydroxyl groups excluding tert-OH is 2. The second-order valence-corrected chi connectivity index (χ2v) is 8.78. The molecule has 2 amide bonds. The first kappa shape index (κ1) is 24.8. The maximum atomic E-state index is 13.6. The Morgan fingerprint density at radius 1 is 1.14 bits per heavy atom. The number of amides is 2. The molecule has 0 bridgehead atoms. The highest BCUT2D eigenvalue weighted by atomic mass is 35.5. The van der Waals surface area contributed by atoms with E-state index in [2.05, 4.69) is 10.5 Å². The molecule has 1 aliphatic heterocycles. The molecule has 1 aliphatic rings. The van der Waals surface area contributed by atoms with Crippen molar-refractivity contribution < 1.29 is 24.6 Å². The Morgan fingerprint density at radius 3 is 2.51 bits per heavy atom. The van der Waals surface area contributed by atoms with E-state index in [-0.39, 0.29) is 12.5 Å². The fraction of sp³-hybridized carbons (Fsp3) is 0.269. The topological polar surface area (TPSA) is 112 Å². The Hall–Kier alpha value is -3.30. The van der Waals surface area contributed by atoms with E-state index in [1.165, 1.54) is 11.8 Å². The summed E-state index contributed by atoms with van der Waals surface area (Å²) in [5.41, 5.74) is 4.61. The lowest BCUT2D eigenvalue weighted by atomic mass is 9.78. The van der Waals surface area contributed by atoms with Gasteiger partial charge in [0.1, 0.15) is 6.61 Å². The summed E-state index contributed by atoms with van der Waals surface area (Å²) in [5, 5.41) is 21.0. The Balaban J connectivity index is 1.76. The van der Waals surface area contributed by atoms with Gasteiger partial charge < -0.3 is 15.1 Å². The number of pyridine rings is 1. The molecule has 3 aromatic rings. The molecule has 35 heavy (non-hydrogen) atoms. The number of halogens is 1. The van der Waals surface area contributed by atoms with Crippen LogP contribution in [0.2, 0.25) is 5.02 Å². The van der Waals surface area contributed by atoms with Gasteiger partial charge in [0.25, 0.3) is 11.8 Å². The van der Waals surface area contributed by atoms with E-state index in [1.807, 2.05) is 6.07 Å². The van der Waals surface area contributed by atoms with Crippen molar-refractivity contribution in [1.29, 1.82) is 0 Å². The van der Waals surface area contributed by atoms with Crippen molar-refractivity contribution in [3.05, 3.63) is 100 Å². The van der Waals surface area contributed by atoms with E-state index in [1.54, 1.807) is 66.9 Å². The Labute approximate surface area is 208 Å². The second-order valence-electron chi connectivity index (χ2n) is 8.34. The fourth-order valence-electron chi connectivity index (χ4n) is 4.41. The summed E-state index contributed by atoms with van der Waals surface area (Å²) in [7, 11) is 0. The first-order valence-corrected chi connectivity index (χ1v) is 11.6. The minimum atomic E-state index is -1.05. The number of aromatic nitrogens is 1. The average Bonchev–Trinajstić information content (AvgIpc) is 2.86. The van der Waals surface area contributed by atoms with Gasteiger partial charge in [0, 0.05) is 16.8 Å². The Bertz CT molecular complexity index is 1170. The molecule has 0 saturated heterocycles. The van der Waals surface area contributed by atoms with Crippen LogP contribution in [0.25, 0.3) is 0 Å². The number of aliphatic hydroxyl groups is 2. The molecule has 0 unspecified atom stereocenters. The Morgan fingerprint density at radius 2 is 1.86 bits per heavy atom. The second kappa shape index (κ2) is 11.0. The summed E-state index contributed by atoms with van der Waals surface area (Å²) in [4.78, 5) is 38.3. The molecule has 8 nitrogen and oxygen atoms in total. The monoisotopic (exact) mass is 495 g/mol. The molecule has 0 aliphatic carbocycles. The number of nitrogens with one attached hydrogen (secondary N) is 1. The van der Waals surface area contributed by atoms with Gasteiger partial charge in [-0.3, -0.25) is 19.4 Å². The molecule has 0 saturated carbocycles. The minimum absolute atomic E-state index is 0.0577. The first-order valence-electron chi connectivity index (χ1n) is 11.2. The molecule has 182 valence electrons. The molecule has 9 heteroatoms. The van der Waals surface area contributed by atoms with Crippen LogP contribution >= 0.6 is 11.6 Å². The third kappa shape index (κ3) is 5.21. The number of hydroxylamine groups is 1. The van der Waals surface area contributed by atoms with Gasteiger partial charge >= 0.3 is 0 Å². The molecule has 4 rings (SSSR count). The van der Waals surface area contributed by atoms with Crippen molar-refractivity contribution in [3.63, 3.8) is 0 Å². The smallest absolute Gasteiger partial charge is 0.255 e. The fourth-order valence-corrected chi connectivity index (χ4v) is 4.54. The quantitative estimate of drug-likeness (QED) is 0.414. The standard InChI is InChI=1S/C26H26ClN3O5/c1-16(32)22(14-31)30-24(17-9-11-18(27)12-10-17)23(20-7-2-3-8-21(20)26(30)34)25(33)29-35-15-19-6-4-5-13-28-19/h2-13,16,22-24,31-32H,14-15H2,1H3,(H,29,33)/t16-,22-,23-,24+/m0/s1. The van der Waals surface area contributed by atoms with Gasteiger partial charge in [-0.2, -0.15) is 0 Å². The van der Waals surface area contributed by atoms with E-state index in [9.17, 15) is 19.8 Å². The maximum Gasteiger partial charge on any atom is 0.255 e. The van der Waals surface area contributed by atoms with Gasteiger partial charge in [-0.1, -0.05) is 48.0 Å². The SMILES string of the molecule is C[C@H](O)[C@H](CO)N1C(=O)c2ccccc2[C@H](C(=O)NOCc2ccccn2)[C@H]1c1ccc(Cl)cc1. The van der Waals surface area contributed by atoms with Gasteiger partial charge in [0.05, 0.1) is 36.4 Å². The summed E-state index contributed by atoms with van der Waals surface area (Å²) in [5.74, 6) is -1.76. The van der Waals surface area contributed by atoms with Crippen LogP contribution < -0.4 is 5.48 Å². The summed E-state index contributed by atoms with van der Waals surface area (Å²) in [6.07, 6.45) is 0.580. The van der Waals surface area contributed by atoms with Crippen molar-refractivity contribution in [3.8, 4) is 0 Å². The molecule has 3 N–H and O–H groups in total. The third-order valence-electron chi connectivity index (χ3n) is 6.09. The van der Waals surface area contributed by atoms with Crippen LogP contribution in [-0.4, -0.2) is 50.7 Å². The molecule has 4 atom stereocenters. The van der Waals surface area contributed by atoms with E-state index in [4.69, 9.17) is 16.4 Å². The van der Waals surface area contributed by atoms with E-state index < -0.39 is 36.6 Å². The Kier molecular flexibility index (Phi) is 7.77. The molecule has 1 aromatic heterocycles. The zero-order valence-electron chi connectivity index (χ0n) is 19.0. The van der Waals surface area contributed by atoms with Gasteiger partial charge in [0.2, 0.25) is 0 Å². The number of carbonyl (C=O) groups excluding carboxylic acids is 2. The van der Waals surface area contributed by atoms with Crippen LogP contribution in [0.3, 0.4) is 0 Å². The molecule has 0 spiro atoms. The zero-order valence-corrected chi connectivity index (χ0v) is 19.8. The molecular formula is C26H26ClN3O5. The van der Waals surface area contributed by atoms with Crippen molar-refractivity contribution in [2.24, 2.45) is 0 Å². The summed E-state index contributed by atoms with van der Waals surface area (Å²) in [6.45, 7) is 1.07. The highest BCUT2D eigenvalue weighted by Crippen LogP contribution is 2.44. The summed E-state index contributed by atoms with van der Waals surface area (Å²) < 4.78 is 0. The molecule has 0 radical (unpaired) electrons. The predicted octanol–water partition coefficient (Wildman–Crippen LogP) is 3.01. The number of benzene rings is 2. The van der Waals surface area contributed by atoms with Gasteiger partial charge in [-0.05, 0) is 48.4 Å². The predicted molar refractivity (Wildman–Crippen MR) is 129 cm³/mol. The summed E-state index contributed by atoms with van der Waals surface area (Å²) in [6, 6.07) is 17.2. The van der Waals surface area contributed by atoms with Crippen molar-refractivity contribution in [2.75, 3.05) is 6.61 Å². The number of hydrogen-bond acceptors (Lipinski definition) is 6. The van der Waals surface area contributed by atoms with Crippen LogP contribution in [0.4, 0.5) is 0 Å². The van der Waals surface area contributed by atoms with Gasteiger partial charge in [-0.25, -0.2) is 5.48 Å². The number of carbonyl (C=O) groups is 2. The first-order chi connectivity index (χ1) is 16.9. The average molecular weight is 496 g/mol. The van der Waals surface area contributed by atoms with Crippen LogP contribution in [0.5, 0.6) is 0 Å². The van der Waals surface area contributed by atoms with E-state index >= 15 is 0 Å². The lowest BCUT2D eigenvalue weighted by Crippen LogP contribution is -2.55. The maximum absolute atomic E-state index is 13.6. The lowest BCUT2D eigenvalue weighted by Gasteiger charge is -2.45. The lowest BCUT2D eigenvalue weighted by molar-refractivity contribution is -0.138. The van der Waals surface area contributed by atoms with Crippen LogP contribution in [0, 0.1) is 0 Å². The van der Waals surface area contributed by atoms with E-state index in [0.29, 0.717) is 27.4 Å². The molecule has 2 aromatic carbocycles. The normalized spacial score (nSPS) is 19.1. The highest BCUT2D eigenvalue weighted by molar-refractivity contribution is 6.30. The minimum Gasteiger partial charge on any atom is -0.394 e. The number of fused-ring (bicyclic) bond motifs is 1. The number of hydrogen-bond donors (Lipinski definition) is 3. The number of nitrogens with zero attached hydrogens (tertiary/aromatic N) is 2. The van der Waals surface area contributed by atoms with Crippen LogP contribution in [-0.2, 0) is 16.2 Å². The highest BCUT2D eigenvalue weighted by Gasteiger charge is 2.47. The summed E-state index contributed by atoms with van der Waals surface area (Å²) >= 11 is 6.10. The van der Waals surface area contributed by atoms with Crippen molar-refractivity contribution >= 4 is 23.4 Å². The van der Waals surface area contributed by atoms with E-state index in [0.717, 1.165) is 0 Å². The zero-order chi connectivity index (χ0) is 24.9. The van der Waals surface area contributed by atoms with Gasteiger partial charge in [-0.15, -0.1) is 0 Å². The van der Waals surface area contributed by atoms with Crippen molar-refractivity contribution in [1.82, 2.24) is 15.4 Å². The number of rotatable bonds is 8.